The number of hydrogen-bond donors (Lipinski definition) is 1. The maximum atomic E-state index is 13.5. The third kappa shape index (κ3) is 2.92. The molecule has 1 unspecified atom stereocenters. The van der Waals surface area contributed by atoms with Crippen molar-refractivity contribution in [3.63, 3.8) is 0 Å². The van der Waals surface area contributed by atoms with Crippen molar-refractivity contribution in [2.75, 3.05) is 26.2 Å². The summed E-state index contributed by atoms with van der Waals surface area (Å²) in [6.45, 7) is 3.50. The molecule has 5 heteroatoms. The summed E-state index contributed by atoms with van der Waals surface area (Å²) in [7, 11) is 0. The van der Waals surface area contributed by atoms with Crippen LogP contribution in [-0.2, 0) is 0 Å². The maximum Gasteiger partial charge on any atom is 0.255 e. The Kier molecular flexibility index (Phi) is 4.18. The van der Waals surface area contributed by atoms with Crippen LogP contribution in [0.3, 0.4) is 0 Å². The summed E-state index contributed by atoms with van der Waals surface area (Å²) >= 11 is 5.95. The van der Waals surface area contributed by atoms with Gasteiger partial charge in [0.05, 0.1) is 10.6 Å². The Morgan fingerprint density at radius 2 is 2.14 bits per heavy atom. The lowest BCUT2D eigenvalue weighted by molar-refractivity contribution is 0.0434. The van der Waals surface area contributed by atoms with Gasteiger partial charge in [-0.2, -0.15) is 0 Å². The van der Waals surface area contributed by atoms with Crippen LogP contribution in [0.4, 0.5) is 4.39 Å². The van der Waals surface area contributed by atoms with Crippen LogP contribution in [0.2, 0.25) is 5.02 Å². The monoisotopic (exact) mass is 310 g/mol. The first-order valence-corrected chi connectivity index (χ1v) is 7.93. The lowest BCUT2D eigenvalue weighted by Crippen LogP contribution is -2.52. The molecule has 0 aromatic heterocycles. The number of piperidine rings is 2. The van der Waals surface area contributed by atoms with E-state index in [0.717, 1.165) is 51.9 Å². The number of amides is 1. The molecule has 1 spiro atoms. The molecule has 2 aliphatic rings. The molecular formula is C16H20ClFN2O. The molecule has 114 valence electrons. The quantitative estimate of drug-likeness (QED) is 0.864. The predicted molar refractivity (Wildman–Crippen MR) is 81.1 cm³/mol. The van der Waals surface area contributed by atoms with Crippen LogP contribution < -0.4 is 5.32 Å². The van der Waals surface area contributed by atoms with Crippen molar-refractivity contribution in [3.05, 3.63) is 34.6 Å². The van der Waals surface area contributed by atoms with Crippen molar-refractivity contribution in [1.29, 1.82) is 0 Å². The Morgan fingerprint density at radius 1 is 1.33 bits per heavy atom. The van der Waals surface area contributed by atoms with Crippen LogP contribution in [0.25, 0.3) is 0 Å². The van der Waals surface area contributed by atoms with Crippen molar-refractivity contribution in [2.45, 2.75) is 25.7 Å². The van der Waals surface area contributed by atoms with Crippen LogP contribution in [-0.4, -0.2) is 37.0 Å². The fraction of sp³-hybridized carbons (Fsp3) is 0.562. The van der Waals surface area contributed by atoms with Crippen molar-refractivity contribution < 1.29 is 9.18 Å². The number of nitrogens with zero attached hydrogens (tertiary/aromatic N) is 1. The van der Waals surface area contributed by atoms with E-state index in [4.69, 9.17) is 11.6 Å². The maximum absolute atomic E-state index is 13.5. The highest BCUT2D eigenvalue weighted by molar-refractivity contribution is 6.34. The Labute approximate surface area is 129 Å². The van der Waals surface area contributed by atoms with Gasteiger partial charge in [-0.25, -0.2) is 4.39 Å². The molecule has 2 saturated heterocycles. The van der Waals surface area contributed by atoms with Gasteiger partial charge in [0.25, 0.3) is 5.91 Å². The van der Waals surface area contributed by atoms with E-state index in [-0.39, 0.29) is 21.9 Å². The molecule has 0 saturated carbocycles. The molecule has 1 aromatic carbocycles. The zero-order valence-electron chi connectivity index (χ0n) is 12.0. The second-order valence-electron chi connectivity index (χ2n) is 6.21. The molecule has 2 aliphatic heterocycles. The first-order chi connectivity index (χ1) is 10.1. The molecule has 0 radical (unpaired) electrons. The van der Waals surface area contributed by atoms with Gasteiger partial charge in [-0.1, -0.05) is 17.7 Å². The standard InChI is InChI=1S/C16H20ClFN2O/c17-14-12(4-1-5-13(14)18)15(21)20-9-3-7-16(11-20)6-2-8-19-10-16/h1,4-5,19H,2-3,6-11H2. The van der Waals surface area contributed by atoms with E-state index in [1.807, 2.05) is 4.90 Å². The molecule has 2 heterocycles. The first kappa shape index (κ1) is 14.8. The molecular weight excluding hydrogens is 291 g/mol. The summed E-state index contributed by atoms with van der Waals surface area (Å²) in [5.74, 6) is -0.683. The third-order valence-electron chi connectivity index (χ3n) is 4.69. The Morgan fingerprint density at radius 3 is 2.90 bits per heavy atom. The van der Waals surface area contributed by atoms with Gasteiger partial charge in [0.1, 0.15) is 5.82 Å². The Balaban J connectivity index is 1.79. The minimum atomic E-state index is -0.534. The minimum Gasteiger partial charge on any atom is -0.338 e. The average Bonchev–Trinajstić information content (AvgIpc) is 2.50. The second kappa shape index (κ2) is 5.93. The Hall–Kier alpha value is -1.13. The minimum absolute atomic E-state index is 0.0658. The highest BCUT2D eigenvalue weighted by Gasteiger charge is 2.38. The number of hydrogen-bond acceptors (Lipinski definition) is 2. The van der Waals surface area contributed by atoms with Gasteiger partial charge in [-0.15, -0.1) is 0 Å². The summed E-state index contributed by atoms with van der Waals surface area (Å²) < 4.78 is 13.5. The van der Waals surface area contributed by atoms with Gasteiger partial charge in [-0.05, 0) is 44.4 Å². The first-order valence-electron chi connectivity index (χ1n) is 7.55. The molecule has 1 atom stereocenters. The fourth-order valence-electron chi connectivity index (χ4n) is 3.60. The van der Waals surface area contributed by atoms with Crippen LogP contribution in [0.5, 0.6) is 0 Å². The van der Waals surface area contributed by atoms with Gasteiger partial charge < -0.3 is 10.2 Å². The van der Waals surface area contributed by atoms with Gasteiger partial charge in [0, 0.05) is 25.0 Å². The van der Waals surface area contributed by atoms with E-state index in [2.05, 4.69) is 5.32 Å². The zero-order valence-corrected chi connectivity index (χ0v) is 12.8. The molecule has 0 aliphatic carbocycles. The average molecular weight is 311 g/mol. The summed E-state index contributed by atoms with van der Waals surface area (Å²) in [5.41, 5.74) is 0.462. The highest BCUT2D eigenvalue weighted by Crippen LogP contribution is 2.36. The lowest BCUT2D eigenvalue weighted by Gasteiger charge is -2.45. The van der Waals surface area contributed by atoms with E-state index < -0.39 is 5.82 Å². The molecule has 21 heavy (non-hydrogen) atoms. The van der Waals surface area contributed by atoms with Gasteiger partial charge in [0.2, 0.25) is 0 Å². The highest BCUT2D eigenvalue weighted by atomic mass is 35.5. The second-order valence-corrected chi connectivity index (χ2v) is 6.59. The van der Waals surface area contributed by atoms with E-state index >= 15 is 0 Å². The zero-order chi connectivity index (χ0) is 14.9. The number of halogens is 2. The van der Waals surface area contributed by atoms with Gasteiger partial charge in [-0.3, -0.25) is 4.79 Å². The molecule has 0 bridgehead atoms. The molecule has 3 rings (SSSR count). The number of benzene rings is 1. The lowest BCUT2D eigenvalue weighted by atomic mass is 9.74. The van der Waals surface area contributed by atoms with Gasteiger partial charge in [0.15, 0.2) is 0 Å². The van der Waals surface area contributed by atoms with E-state index in [9.17, 15) is 9.18 Å². The van der Waals surface area contributed by atoms with E-state index in [1.165, 1.54) is 12.1 Å². The van der Waals surface area contributed by atoms with E-state index in [0.29, 0.717) is 0 Å². The summed E-state index contributed by atoms with van der Waals surface area (Å²) in [4.78, 5) is 14.5. The number of rotatable bonds is 1. The molecule has 1 N–H and O–H groups in total. The van der Waals surface area contributed by atoms with Crippen LogP contribution in [0, 0.1) is 11.2 Å². The number of likely N-dealkylation sites (tertiary alicyclic amines) is 1. The van der Waals surface area contributed by atoms with Crippen molar-refractivity contribution in [2.24, 2.45) is 5.41 Å². The summed E-state index contributed by atoms with van der Waals surface area (Å²) in [5, 5.41) is 3.38. The molecule has 1 amide bonds. The molecule has 3 nitrogen and oxygen atoms in total. The smallest absolute Gasteiger partial charge is 0.255 e. The van der Waals surface area contributed by atoms with E-state index in [1.54, 1.807) is 6.07 Å². The summed E-state index contributed by atoms with van der Waals surface area (Å²) in [6, 6.07) is 4.42. The number of nitrogens with one attached hydrogen (secondary N) is 1. The topological polar surface area (TPSA) is 32.3 Å². The SMILES string of the molecule is O=C(c1cccc(F)c1Cl)N1CCCC2(CCCNC2)C1. The largest absolute Gasteiger partial charge is 0.338 e. The van der Waals surface area contributed by atoms with Crippen molar-refractivity contribution in [3.8, 4) is 0 Å². The van der Waals surface area contributed by atoms with Crippen LogP contribution in [0.1, 0.15) is 36.0 Å². The van der Waals surface area contributed by atoms with Crippen LogP contribution in [0.15, 0.2) is 18.2 Å². The summed E-state index contributed by atoms with van der Waals surface area (Å²) in [6.07, 6.45) is 4.46. The predicted octanol–water partition coefficient (Wildman–Crippen LogP) is 3.08. The fourth-order valence-corrected chi connectivity index (χ4v) is 3.81. The number of carbonyl (C=O) groups is 1. The van der Waals surface area contributed by atoms with Gasteiger partial charge >= 0.3 is 0 Å². The van der Waals surface area contributed by atoms with Crippen molar-refractivity contribution in [1.82, 2.24) is 10.2 Å². The molecule has 2 fully saturated rings. The van der Waals surface area contributed by atoms with Crippen LogP contribution >= 0.6 is 11.6 Å². The molecule has 1 aromatic rings. The third-order valence-corrected chi connectivity index (χ3v) is 5.08. The Bertz CT molecular complexity index is 538. The number of carbonyl (C=O) groups excluding carboxylic acids is 1. The normalized spacial score (nSPS) is 26.1. The van der Waals surface area contributed by atoms with Crippen molar-refractivity contribution >= 4 is 17.5 Å².